The molecule has 0 heterocycles. The molecule has 0 aliphatic heterocycles. The molecule has 0 N–H and O–H groups in total. The van der Waals surface area contributed by atoms with Gasteiger partial charge < -0.3 is 0 Å². The Bertz CT molecular complexity index is 269. The van der Waals surface area contributed by atoms with Crippen molar-refractivity contribution in [2.24, 2.45) is 5.92 Å². The van der Waals surface area contributed by atoms with E-state index in [9.17, 15) is 0 Å². The molecule has 0 heteroatoms. The van der Waals surface area contributed by atoms with E-state index >= 15 is 0 Å². The van der Waals surface area contributed by atoms with Crippen LogP contribution in [0.15, 0.2) is 36.9 Å². The van der Waals surface area contributed by atoms with Gasteiger partial charge in [-0.1, -0.05) is 50.6 Å². The molecule has 1 unspecified atom stereocenters. The molecule has 0 amide bonds. The molecule has 0 bridgehead atoms. The maximum Gasteiger partial charge on any atom is -0.0218 e. The van der Waals surface area contributed by atoms with Crippen LogP contribution in [0.4, 0.5) is 0 Å². The highest BCUT2D eigenvalue weighted by Gasteiger charge is 1.98. The van der Waals surface area contributed by atoms with Crippen LogP contribution < -0.4 is 0 Å². The van der Waals surface area contributed by atoms with Crippen LogP contribution in [0, 0.1) is 5.92 Å². The number of aryl methyl sites for hydroxylation is 1. The summed E-state index contributed by atoms with van der Waals surface area (Å²) in [6.07, 6.45) is 5.54. The molecule has 0 saturated heterocycles. The molecule has 0 radical (unpaired) electrons. The van der Waals surface area contributed by atoms with Gasteiger partial charge in [-0.25, -0.2) is 0 Å². The van der Waals surface area contributed by atoms with Crippen molar-refractivity contribution in [3.63, 3.8) is 0 Å². The lowest BCUT2D eigenvalue weighted by atomic mass is 9.99. The third-order valence-electron chi connectivity index (χ3n) is 2.52. The number of hydrogen-bond acceptors (Lipinski definition) is 0. The number of allylic oxidation sites excluding steroid dienone is 1. The lowest BCUT2D eigenvalue weighted by molar-refractivity contribution is 0.725. The smallest absolute Gasteiger partial charge is 0.0218 e. The highest BCUT2D eigenvalue weighted by Crippen LogP contribution is 2.11. The molecule has 0 aliphatic carbocycles. The molecule has 1 rings (SSSR count). The third kappa shape index (κ3) is 3.37. The summed E-state index contributed by atoms with van der Waals surface area (Å²) in [6.45, 7) is 8.22. The molecule has 0 spiro atoms. The van der Waals surface area contributed by atoms with Crippen molar-refractivity contribution in [1.29, 1.82) is 0 Å². The summed E-state index contributed by atoms with van der Waals surface area (Å²) in [5.41, 5.74) is 2.86. The Morgan fingerprint density at radius 1 is 1.21 bits per heavy atom. The van der Waals surface area contributed by atoms with Gasteiger partial charge in [0, 0.05) is 0 Å². The van der Waals surface area contributed by atoms with Gasteiger partial charge in [0.2, 0.25) is 0 Å². The van der Waals surface area contributed by atoms with Crippen LogP contribution in [-0.4, -0.2) is 0 Å². The molecule has 76 valence electrons. The van der Waals surface area contributed by atoms with Crippen LogP contribution in [0.3, 0.4) is 0 Å². The minimum absolute atomic E-state index is 0.576. The molecule has 0 fully saturated rings. The molecule has 1 atom stereocenters. The topological polar surface area (TPSA) is 0 Å². The Hall–Kier alpha value is -1.04. The number of rotatable bonds is 5. The van der Waals surface area contributed by atoms with Crippen molar-refractivity contribution >= 4 is 0 Å². The summed E-state index contributed by atoms with van der Waals surface area (Å²) in [4.78, 5) is 0. The normalized spacial score (nSPS) is 12.4. The summed E-state index contributed by atoms with van der Waals surface area (Å²) in [6, 6.07) is 8.97. The standard InChI is InChI=1S/C14H20/c1-4-6-13-7-9-14(10-8-13)11-12(3)5-2/h5,7-10,12H,2,4,6,11H2,1,3H3. The summed E-state index contributed by atoms with van der Waals surface area (Å²) in [7, 11) is 0. The zero-order valence-electron chi connectivity index (χ0n) is 9.29. The maximum absolute atomic E-state index is 3.80. The molecule has 14 heavy (non-hydrogen) atoms. The van der Waals surface area contributed by atoms with E-state index in [1.807, 2.05) is 6.08 Å². The fourth-order valence-electron chi connectivity index (χ4n) is 1.59. The van der Waals surface area contributed by atoms with Crippen LogP contribution in [-0.2, 0) is 12.8 Å². The van der Waals surface area contributed by atoms with Gasteiger partial charge in [0.15, 0.2) is 0 Å². The molecular weight excluding hydrogens is 168 g/mol. The number of benzene rings is 1. The second-order valence-corrected chi connectivity index (χ2v) is 3.98. The third-order valence-corrected chi connectivity index (χ3v) is 2.52. The molecule has 1 aromatic rings. The first kappa shape index (κ1) is 11.0. The SMILES string of the molecule is C=CC(C)Cc1ccc(CCC)cc1. The van der Waals surface area contributed by atoms with Crippen LogP contribution in [0.1, 0.15) is 31.4 Å². The van der Waals surface area contributed by atoms with Gasteiger partial charge in [0.25, 0.3) is 0 Å². The van der Waals surface area contributed by atoms with Crippen LogP contribution in [0.2, 0.25) is 0 Å². The minimum atomic E-state index is 0.576. The van der Waals surface area contributed by atoms with E-state index in [0.717, 1.165) is 6.42 Å². The Morgan fingerprint density at radius 2 is 1.79 bits per heavy atom. The quantitative estimate of drug-likeness (QED) is 0.613. The number of hydrogen-bond donors (Lipinski definition) is 0. The van der Waals surface area contributed by atoms with Crippen molar-refractivity contribution in [2.45, 2.75) is 33.1 Å². The van der Waals surface area contributed by atoms with Crippen molar-refractivity contribution < 1.29 is 0 Å². The van der Waals surface area contributed by atoms with Crippen molar-refractivity contribution in [3.05, 3.63) is 48.0 Å². The lowest BCUT2D eigenvalue weighted by Gasteiger charge is -2.06. The van der Waals surface area contributed by atoms with Gasteiger partial charge in [-0.3, -0.25) is 0 Å². The average Bonchev–Trinajstić information content (AvgIpc) is 2.21. The summed E-state index contributed by atoms with van der Waals surface area (Å²) in [5.74, 6) is 0.576. The van der Waals surface area contributed by atoms with E-state index in [2.05, 4.69) is 44.7 Å². The monoisotopic (exact) mass is 188 g/mol. The van der Waals surface area contributed by atoms with Crippen LogP contribution >= 0.6 is 0 Å². The summed E-state index contributed by atoms with van der Waals surface area (Å²) < 4.78 is 0. The Kier molecular flexibility index (Phi) is 4.45. The molecular formula is C14H20. The lowest BCUT2D eigenvalue weighted by Crippen LogP contribution is -1.95. The van der Waals surface area contributed by atoms with Gasteiger partial charge in [0.1, 0.15) is 0 Å². The Labute approximate surface area is 87.7 Å². The second kappa shape index (κ2) is 5.64. The van der Waals surface area contributed by atoms with Crippen molar-refractivity contribution in [3.8, 4) is 0 Å². The fraction of sp³-hybridized carbons (Fsp3) is 0.429. The van der Waals surface area contributed by atoms with E-state index in [1.165, 1.54) is 24.0 Å². The van der Waals surface area contributed by atoms with Gasteiger partial charge in [-0.05, 0) is 29.9 Å². The van der Waals surface area contributed by atoms with Gasteiger partial charge in [0.05, 0.1) is 0 Å². The first-order chi connectivity index (χ1) is 6.76. The Morgan fingerprint density at radius 3 is 2.29 bits per heavy atom. The van der Waals surface area contributed by atoms with Crippen molar-refractivity contribution in [1.82, 2.24) is 0 Å². The molecule has 0 aromatic heterocycles. The zero-order valence-corrected chi connectivity index (χ0v) is 9.29. The van der Waals surface area contributed by atoms with Gasteiger partial charge >= 0.3 is 0 Å². The first-order valence-electron chi connectivity index (χ1n) is 5.46. The van der Waals surface area contributed by atoms with E-state index in [-0.39, 0.29) is 0 Å². The predicted octanol–water partition coefficient (Wildman–Crippen LogP) is 4.00. The highest BCUT2D eigenvalue weighted by atomic mass is 14.0. The van der Waals surface area contributed by atoms with Crippen LogP contribution in [0.5, 0.6) is 0 Å². The summed E-state index contributed by atoms with van der Waals surface area (Å²) >= 11 is 0. The largest absolute Gasteiger partial charge is 0.103 e. The second-order valence-electron chi connectivity index (χ2n) is 3.98. The summed E-state index contributed by atoms with van der Waals surface area (Å²) in [5, 5.41) is 0. The van der Waals surface area contributed by atoms with Crippen LogP contribution in [0.25, 0.3) is 0 Å². The van der Waals surface area contributed by atoms with E-state index < -0.39 is 0 Å². The van der Waals surface area contributed by atoms with Gasteiger partial charge in [-0.15, -0.1) is 6.58 Å². The van der Waals surface area contributed by atoms with E-state index in [4.69, 9.17) is 0 Å². The molecule has 0 saturated carbocycles. The first-order valence-corrected chi connectivity index (χ1v) is 5.46. The predicted molar refractivity (Wildman–Crippen MR) is 63.5 cm³/mol. The van der Waals surface area contributed by atoms with E-state index in [1.54, 1.807) is 0 Å². The Balaban J connectivity index is 2.59. The molecule has 0 nitrogen and oxygen atoms in total. The van der Waals surface area contributed by atoms with Crippen molar-refractivity contribution in [2.75, 3.05) is 0 Å². The fourth-order valence-corrected chi connectivity index (χ4v) is 1.59. The zero-order chi connectivity index (χ0) is 10.4. The van der Waals surface area contributed by atoms with Gasteiger partial charge in [-0.2, -0.15) is 0 Å². The maximum atomic E-state index is 3.80. The van der Waals surface area contributed by atoms with E-state index in [0.29, 0.717) is 5.92 Å². The highest BCUT2D eigenvalue weighted by molar-refractivity contribution is 5.23. The average molecular weight is 188 g/mol. The minimum Gasteiger partial charge on any atom is -0.103 e. The molecule has 1 aromatic carbocycles. The molecule has 0 aliphatic rings.